The summed E-state index contributed by atoms with van der Waals surface area (Å²) >= 11 is 0. The summed E-state index contributed by atoms with van der Waals surface area (Å²) in [5.41, 5.74) is 0.415. The van der Waals surface area contributed by atoms with Crippen LogP contribution in [0.3, 0.4) is 0 Å². The summed E-state index contributed by atoms with van der Waals surface area (Å²) in [6.45, 7) is 2.21. The summed E-state index contributed by atoms with van der Waals surface area (Å²) in [6.07, 6.45) is 0.547. The fraction of sp³-hybridized carbons (Fsp3) is 0.533. The smallest absolute Gasteiger partial charge is 0.191 e. The third kappa shape index (κ3) is 4.89. The maximum Gasteiger partial charge on any atom is 0.191 e. The highest BCUT2D eigenvalue weighted by Gasteiger charge is 2.28. The Morgan fingerprint density at radius 3 is 2.74 bits per heavy atom. The predicted octanol–water partition coefficient (Wildman–Crippen LogP) is 1.42. The summed E-state index contributed by atoms with van der Waals surface area (Å²) in [6, 6.07) is 3.36. The molecule has 0 aliphatic carbocycles. The second-order valence-electron chi connectivity index (χ2n) is 5.76. The van der Waals surface area contributed by atoms with Crippen LogP contribution in [0.25, 0.3) is 0 Å². The monoisotopic (exact) mass is 345 g/mol. The fourth-order valence-electron chi connectivity index (χ4n) is 2.56. The summed E-state index contributed by atoms with van der Waals surface area (Å²) in [7, 11) is -1.38. The van der Waals surface area contributed by atoms with Crippen molar-refractivity contribution in [1.82, 2.24) is 10.6 Å². The number of sulfone groups is 1. The van der Waals surface area contributed by atoms with E-state index in [1.165, 1.54) is 12.1 Å². The van der Waals surface area contributed by atoms with Gasteiger partial charge in [0.2, 0.25) is 0 Å². The van der Waals surface area contributed by atoms with E-state index in [4.69, 9.17) is 0 Å². The lowest BCUT2D eigenvalue weighted by Crippen LogP contribution is -2.45. The first kappa shape index (κ1) is 17.7. The van der Waals surface area contributed by atoms with Gasteiger partial charge in [-0.15, -0.1) is 0 Å². The average Bonchev–Trinajstić information content (AvgIpc) is 2.82. The first-order chi connectivity index (χ1) is 10.8. The van der Waals surface area contributed by atoms with Crippen molar-refractivity contribution >= 4 is 15.8 Å². The van der Waals surface area contributed by atoms with Gasteiger partial charge in [0.05, 0.1) is 11.5 Å². The molecule has 2 atom stereocenters. The highest BCUT2D eigenvalue weighted by Crippen LogP contribution is 2.19. The van der Waals surface area contributed by atoms with Gasteiger partial charge >= 0.3 is 0 Å². The van der Waals surface area contributed by atoms with Crippen molar-refractivity contribution in [2.75, 3.05) is 25.1 Å². The van der Waals surface area contributed by atoms with Crippen LogP contribution in [0, 0.1) is 11.6 Å². The molecule has 0 spiro atoms. The Labute approximate surface area is 135 Å². The van der Waals surface area contributed by atoms with Crippen LogP contribution in [0.4, 0.5) is 8.78 Å². The molecule has 0 saturated carbocycles. The number of hydrogen-bond donors (Lipinski definition) is 2. The largest absolute Gasteiger partial charge is 0.356 e. The van der Waals surface area contributed by atoms with Crippen molar-refractivity contribution in [1.29, 1.82) is 0 Å². The van der Waals surface area contributed by atoms with Crippen molar-refractivity contribution in [3.05, 3.63) is 35.4 Å². The molecular formula is C15H21F2N3O2S. The maximum absolute atomic E-state index is 13.7. The van der Waals surface area contributed by atoms with Gasteiger partial charge in [0.1, 0.15) is 11.6 Å². The zero-order valence-electron chi connectivity index (χ0n) is 13.1. The summed E-state index contributed by atoms with van der Waals surface area (Å²) in [5.74, 6) is -0.632. The molecule has 1 aliphatic rings. The predicted molar refractivity (Wildman–Crippen MR) is 86.3 cm³/mol. The second-order valence-corrected chi connectivity index (χ2v) is 7.99. The van der Waals surface area contributed by atoms with E-state index in [1.54, 1.807) is 7.05 Å². The van der Waals surface area contributed by atoms with Crippen LogP contribution in [0.5, 0.6) is 0 Å². The van der Waals surface area contributed by atoms with Crippen molar-refractivity contribution in [2.45, 2.75) is 25.3 Å². The van der Waals surface area contributed by atoms with Crippen LogP contribution >= 0.6 is 0 Å². The van der Waals surface area contributed by atoms with Crippen molar-refractivity contribution < 1.29 is 17.2 Å². The van der Waals surface area contributed by atoms with E-state index in [0.717, 1.165) is 6.07 Å². The second kappa shape index (κ2) is 7.25. The molecule has 1 aromatic carbocycles. The number of aliphatic imine (C=N–C) groups is 1. The first-order valence-electron chi connectivity index (χ1n) is 7.43. The van der Waals surface area contributed by atoms with Crippen molar-refractivity contribution in [3.63, 3.8) is 0 Å². The molecule has 1 saturated heterocycles. The van der Waals surface area contributed by atoms with Gasteiger partial charge in [-0.2, -0.15) is 0 Å². The highest BCUT2D eigenvalue weighted by atomic mass is 32.2. The molecule has 128 valence electrons. The van der Waals surface area contributed by atoms with E-state index in [9.17, 15) is 17.2 Å². The molecule has 2 unspecified atom stereocenters. The normalized spacial score (nSPS) is 21.9. The zero-order valence-corrected chi connectivity index (χ0v) is 14.0. The lowest BCUT2D eigenvalue weighted by Gasteiger charge is -2.19. The fourth-order valence-corrected chi connectivity index (χ4v) is 4.23. The van der Waals surface area contributed by atoms with Crippen LogP contribution in [-0.2, 0) is 9.84 Å². The van der Waals surface area contributed by atoms with Gasteiger partial charge < -0.3 is 10.6 Å². The zero-order chi connectivity index (χ0) is 17.0. The number of guanidine groups is 1. The van der Waals surface area contributed by atoms with Gasteiger partial charge in [0.15, 0.2) is 15.8 Å². The molecule has 1 aromatic rings. The Morgan fingerprint density at radius 2 is 2.17 bits per heavy atom. The summed E-state index contributed by atoms with van der Waals surface area (Å²) < 4.78 is 49.6. The average molecular weight is 345 g/mol. The van der Waals surface area contributed by atoms with Gasteiger partial charge in [-0.05, 0) is 18.1 Å². The van der Waals surface area contributed by atoms with E-state index in [0.29, 0.717) is 24.5 Å². The molecule has 1 heterocycles. The highest BCUT2D eigenvalue weighted by molar-refractivity contribution is 7.91. The molecule has 0 amide bonds. The van der Waals surface area contributed by atoms with Gasteiger partial charge in [-0.1, -0.05) is 13.0 Å². The standard InChI is InChI=1S/C15H21F2N3O2S/c1-10(13-4-3-11(16)7-14(13)17)8-19-15(18-2)20-12-5-6-23(21,22)9-12/h3-4,7,10,12H,5-6,8-9H2,1-2H3,(H2,18,19,20). The van der Waals surface area contributed by atoms with Crippen LogP contribution < -0.4 is 10.6 Å². The molecule has 1 aliphatic heterocycles. The molecule has 1 fully saturated rings. The number of hydrogen-bond acceptors (Lipinski definition) is 3. The van der Waals surface area contributed by atoms with Crippen LogP contribution in [0.15, 0.2) is 23.2 Å². The SMILES string of the molecule is CN=C(NCC(C)c1ccc(F)cc1F)NC1CCS(=O)(=O)C1. The van der Waals surface area contributed by atoms with Crippen LogP contribution in [0.1, 0.15) is 24.8 Å². The van der Waals surface area contributed by atoms with Crippen LogP contribution in [0.2, 0.25) is 0 Å². The molecule has 0 radical (unpaired) electrons. The minimum atomic E-state index is -2.96. The lowest BCUT2D eigenvalue weighted by molar-refractivity contribution is 0.554. The number of nitrogens with one attached hydrogen (secondary N) is 2. The Bertz CT molecular complexity index is 692. The molecule has 23 heavy (non-hydrogen) atoms. The Morgan fingerprint density at radius 1 is 1.43 bits per heavy atom. The first-order valence-corrected chi connectivity index (χ1v) is 9.25. The Kier molecular flexibility index (Phi) is 5.56. The molecule has 0 aromatic heterocycles. The summed E-state index contributed by atoms with van der Waals surface area (Å²) in [5, 5.41) is 6.11. The molecule has 2 N–H and O–H groups in total. The third-order valence-electron chi connectivity index (χ3n) is 3.87. The Hall–Kier alpha value is -1.70. The molecule has 5 nitrogen and oxygen atoms in total. The number of halogens is 2. The van der Waals surface area contributed by atoms with Crippen molar-refractivity contribution in [2.24, 2.45) is 4.99 Å². The Balaban J connectivity index is 1.90. The van der Waals surface area contributed by atoms with E-state index in [2.05, 4.69) is 15.6 Å². The van der Waals surface area contributed by atoms with Gasteiger partial charge in [0, 0.05) is 31.6 Å². The van der Waals surface area contributed by atoms with Crippen molar-refractivity contribution in [3.8, 4) is 0 Å². The topological polar surface area (TPSA) is 70.6 Å². The number of benzene rings is 1. The van der Waals surface area contributed by atoms with Gasteiger partial charge in [-0.25, -0.2) is 17.2 Å². The lowest BCUT2D eigenvalue weighted by atomic mass is 10.0. The minimum absolute atomic E-state index is 0.0931. The maximum atomic E-state index is 13.7. The van der Waals surface area contributed by atoms with E-state index < -0.39 is 21.5 Å². The molecular weight excluding hydrogens is 324 g/mol. The van der Waals surface area contributed by atoms with Gasteiger partial charge in [0.25, 0.3) is 0 Å². The number of rotatable bonds is 4. The van der Waals surface area contributed by atoms with E-state index >= 15 is 0 Å². The molecule has 0 bridgehead atoms. The van der Waals surface area contributed by atoms with E-state index in [1.807, 2.05) is 6.92 Å². The summed E-state index contributed by atoms with van der Waals surface area (Å²) in [4.78, 5) is 4.05. The number of nitrogens with zero attached hydrogens (tertiary/aromatic N) is 1. The van der Waals surface area contributed by atoms with E-state index in [-0.39, 0.29) is 23.5 Å². The quantitative estimate of drug-likeness (QED) is 0.640. The molecule has 2 rings (SSSR count). The van der Waals surface area contributed by atoms with Crippen LogP contribution in [-0.4, -0.2) is 45.5 Å². The third-order valence-corrected chi connectivity index (χ3v) is 5.63. The van der Waals surface area contributed by atoms with Gasteiger partial charge in [-0.3, -0.25) is 4.99 Å². The molecule has 8 heteroatoms. The minimum Gasteiger partial charge on any atom is -0.356 e.